The summed E-state index contributed by atoms with van der Waals surface area (Å²) in [6.07, 6.45) is 1.20. The zero-order valence-electron chi connectivity index (χ0n) is 17.4. The molecule has 1 amide bonds. The molecule has 9 nitrogen and oxygen atoms in total. The Bertz CT molecular complexity index is 1130. The summed E-state index contributed by atoms with van der Waals surface area (Å²) in [6.45, 7) is 0.0558. The Labute approximate surface area is 187 Å². The number of likely N-dealkylation sites (tertiary alicyclic amines) is 1. The van der Waals surface area contributed by atoms with E-state index in [9.17, 15) is 34.0 Å². The van der Waals surface area contributed by atoms with Gasteiger partial charge in [0.25, 0.3) is 17.4 Å². The number of carbonyl (C=O) groups is 3. The van der Waals surface area contributed by atoms with Gasteiger partial charge in [-0.2, -0.15) is 0 Å². The number of carboxylic acids is 1. The molecule has 1 fully saturated rings. The first-order valence-electron chi connectivity index (χ1n) is 10.2. The third-order valence-corrected chi connectivity index (χ3v) is 5.38. The van der Waals surface area contributed by atoms with Crippen LogP contribution in [-0.4, -0.2) is 44.2 Å². The molecule has 1 aliphatic heterocycles. The van der Waals surface area contributed by atoms with Gasteiger partial charge in [0.05, 0.1) is 16.5 Å². The molecule has 0 unspecified atom stereocenters. The maximum atomic E-state index is 14.7. The van der Waals surface area contributed by atoms with Crippen LogP contribution in [0.15, 0.2) is 54.1 Å². The van der Waals surface area contributed by atoms with Crippen LogP contribution in [-0.2, 0) is 14.4 Å². The van der Waals surface area contributed by atoms with Gasteiger partial charge in [-0.3, -0.25) is 24.5 Å². The van der Waals surface area contributed by atoms with Gasteiger partial charge in [0.1, 0.15) is 11.6 Å². The fourth-order valence-electron chi connectivity index (χ4n) is 3.76. The number of carbonyl (C=O) groups excluding carboxylic acids is 2. The van der Waals surface area contributed by atoms with Gasteiger partial charge in [0.2, 0.25) is 0 Å². The molecular weight excluding hydrogens is 435 g/mol. The number of benzene rings is 2. The number of aliphatic carboxylic acids is 1. The molecule has 0 aromatic heterocycles. The Morgan fingerprint density at radius 2 is 1.70 bits per heavy atom. The van der Waals surface area contributed by atoms with Gasteiger partial charge in [-0.15, -0.1) is 0 Å². The number of halogens is 1. The van der Waals surface area contributed by atoms with Gasteiger partial charge in [-0.05, 0) is 31.0 Å². The van der Waals surface area contributed by atoms with E-state index in [4.69, 9.17) is 5.11 Å². The van der Waals surface area contributed by atoms with Gasteiger partial charge in [0.15, 0.2) is 0 Å². The fourth-order valence-corrected chi connectivity index (χ4v) is 3.76. The molecule has 2 aromatic carbocycles. The van der Waals surface area contributed by atoms with Crippen molar-refractivity contribution in [1.82, 2.24) is 4.90 Å². The molecule has 1 saturated heterocycles. The fraction of sp³-hybridized carbons (Fsp3) is 0.261. The number of aliphatic hydroxyl groups is 1. The van der Waals surface area contributed by atoms with E-state index in [1.807, 2.05) is 0 Å². The van der Waals surface area contributed by atoms with Crippen molar-refractivity contribution in [3.63, 3.8) is 0 Å². The SMILES string of the molecule is O=C(O)CCCCCN1C(=O)C(=O)C(=C(O)c2ccc([N+](=O)[O-])cc2)[C@@H]1c1ccccc1F. The number of hydrogen-bond donors (Lipinski definition) is 2. The number of non-ortho nitro benzene ring substituents is 1. The van der Waals surface area contributed by atoms with E-state index in [0.29, 0.717) is 19.3 Å². The number of nitro groups is 1. The number of aliphatic hydroxyl groups excluding tert-OH is 1. The lowest BCUT2D eigenvalue weighted by Crippen LogP contribution is -2.31. The largest absolute Gasteiger partial charge is 0.507 e. The summed E-state index contributed by atoms with van der Waals surface area (Å²) in [5, 5.41) is 30.5. The molecule has 2 N–H and O–H groups in total. The van der Waals surface area contributed by atoms with Crippen molar-refractivity contribution in [1.29, 1.82) is 0 Å². The van der Waals surface area contributed by atoms with Crippen LogP contribution in [0.5, 0.6) is 0 Å². The molecule has 172 valence electrons. The Balaban J connectivity index is 2.00. The zero-order chi connectivity index (χ0) is 24.1. The Morgan fingerprint density at radius 3 is 2.30 bits per heavy atom. The number of nitrogens with zero attached hydrogens (tertiary/aromatic N) is 2. The first-order chi connectivity index (χ1) is 15.7. The van der Waals surface area contributed by atoms with Gasteiger partial charge in [0, 0.05) is 36.2 Å². The van der Waals surface area contributed by atoms with E-state index in [1.54, 1.807) is 0 Å². The van der Waals surface area contributed by atoms with Crippen LogP contribution < -0.4 is 0 Å². The number of nitro benzene ring substituents is 1. The van der Waals surface area contributed by atoms with Gasteiger partial charge in [-0.25, -0.2) is 4.39 Å². The summed E-state index contributed by atoms with van der Waals surface area (Å²) < 4.78 is 14.7. The molecule has 3 rings (SSSR count). The first kappa shape index (κ1) is 23.6. The highest BCUT2D eigenvalue weighted by Crippen LogP contribution is 2.40. The van der Waals surface area contributed by atoms with Crippen LogP contribution in [0.4, 0.5) is 10.1 Å². The highest BCUT2D eigenvalue weighted by atomic mass is 19.1. The summed E-state index contributed by atoms with van der Waals surface area (Å²) in [5.74, 6) is -4.08. The number of hydrogen-bond acceptors (Lipinski definition) is 6. The molecule has 0 aliphatic carbocycles. The smallest absolute Gasteiger partial charge is 0.303 e. The van der Waals surface area contributed by atoms with E-state index in [0.717, 1.165) is 12.1 Å². The number of Topliss-reactive ketones (excluding diaryl/α,β-unsaturated/α-hetero) is 1. The van der Waals surface area contributed by atoms with Crippen molar-refractivity contribution in [2.75, 3.05) is 6.54 Å². The molecule has 0 saturated carbocycles. The van der Waals surface area contributed by atoms with Crippen molar-refractivity contribution in [2.24, 2.45) is 0 Å². The Hall–Kier alpha value is -4.08. The van der Waals surface area contributed by atoms with Crippen LogP contribution in [0.2, 0.25) is 0 Å². The van der Waals surface area contributed by atoms with Gasteiger partial charge >= 0.3 is 5.97 Å². The zero-order valence-corrected chi connectivity index (χ0v) is 17.4. The highest BCUT2D eigenvalue weighted by Gasteiger charge is 2.46. The maximum absolute atomic E-state index is 14.7. The topological polar surface area (TPSA) is 138 Å². The molecular formula is C23H21FN2O7. The van der Waals surface area contributed by atoms with Crippen LogP contribution in [0.3, 0.4) is 0 Å². The lowest BCUT2D eigenvalue weighted by atomic mass is 9.94. The average Bonchev–Trinajstić information content (AvgIpc) is 3.03. The van der Waals surface area contributed by atoms with E-state index in [2.05, 4.69) is 0 Å². The number of rotatable bonds is 9. The summed E-state index contributed by atoms with van der Waals surface area (Å²) in [5.41, 5.74) is -0.449. The lowest BCUT2D eigenvalue weighted by Gasteiger charge is -2.25. The van der Waals surface area contributed by atoms with Gasteiger partial charge < -0.3 is 15.1 Å². The third-order valence-electron chi connectivity index (χ3n) is 5.38. The second-order valence-electron chi connectivity index (χ2n) is 7.52. The van der Waals surface area contributed by atoms with E-state index in [-0.39, 0.29) is 35.4 Å². The molecule has 1 aliphatic rings. The van der Waals surface area contributed by atoms with E-state index < -0.39 is 40.2 Å². The number of unbranched alkanes of at least 4 members (excludes halogenated alkanes) is 2. The summed E-state index contributed by atoms with van der Waals surface area (Å²) in [4.78, 5) is 47.8. The monoisotopic (exact) mass is 456 g/mol. The van der Waals surface area contributed by atoms with E-state index >= 15 is 0 Å². The lowest BCUT2D eigenvalue weighted by molar-refractivity contribution is -0.384. The molecule has 1 heterocycles. The average molecular weight is 456 g/mol. The second-order valence-corrected chi connectivity index (χ2v) is 7.52. The number of ketones is 1. The molecule has 10 heteroatoms. The van der Waals surface area contributed by atoms with Crippen LogP contribution in [0.25, 0.3) is 5.76 Å². The first-order valence-corrected chi connectivity index (χ1v) is 10.2. The van der Waals surface area contributed by atoms with Crippen molar-refractivity contribution in [3.05, 3.63) is 81.2 Å². The van der Waals surface area contributed by atoms with Crippen molar-refractivity contribution in [3.8, 4) is 0 Å². The third kappa shape index (κ3) is 5.05. The number of amides is 1. The highest BCUT2D eigenvalue weighted by molar-refractivity contribution is 6.46. The predicted octanol–water partition coefficient (Wildman–Crippen LogP) is 3.80. The summed E-state index contributed by atoms with van der Waals surface area (Å²) in [6, 6.07) is 9.15. The molecule has 0 bridgehead atoms. The quantitative estimate of drug-likeness (QED) is 0.146. The van der Waals surface area contributed by atoms with Crippen LogP contribution in [0.1, 0.15) is 42.9 Å². The number of carboxylic acid groups (broad SMARTS) is 1. The minimum Gasteiger partial charge on any atom is -0.507 e. The van der Waals surface area contributed by atoms with Crippen molar-refractivity contribution in [2.45, 2.75) is 31.7 Å². The predicted molar refractivity (Wildman–Crippen MR) is 115 cm³/mol. The minimum absolute atomic E-state index is 0.0192. The summed E-state index contributed by atoms with van der Waals surface area (Å²) >= 11 is 0. The van der Waals surface area contributed by atoms with E-state index in [1.165, 1.54) is 41.3 Å². The molecule has 0 spiro atoms. The van der Waals surface area contributed by atoms with Crippen LogP contribution in [0, 0.1) is 15.9 Å². The summed E-state index contributed by atoms with van der Waals surface area (Å²) in [7, 11) is 0. The molecule has 2 aromatic rings. The second kappa shape index (κ2) is 10.0. The molecule has 33 heavy (non-hydrogen) atoms. The van der Waals surface area contributed by atoms with Crippen LogP contribution >= 0.6 is 0 Å². The minimum atomic E-state index is -1.19. The Kier molecular flexibility index (Phi) is 7.17. The molecule has 0 radical (unpaired) electrons. The normalized spacial score (nSPS) is 17.4. The van der Waals surface area contributed by atoms with Crippen molar-refractivity contribution < 1.29 is 33.9 Å². The van der Waals surface area contributed by atoms with Gasteiger partial charge in [-0.1, -0.05) is 24.6 Å². The maximum Gasteiger partial charge on any atom is 0.303 e. The standard InChI is InChI=1S/C23H21FN2O7/c24-17-7-4-3-6-16(17)20-19(21(29)14-9-11-15(12-10-14)26(32)33)22(30)23(31)25(20)13-5-1-2-8-18(27)28/h3-4,6-7,9-12,20,29H,1-2,5,8,13H2,(H,27,28)/t20-/m0/s1. The Morgan fingerprint density at radius 1 is 1.03 bits per heavy atom. The van der Waals surface area contributed by atoms with Crippen molar-refractivity contribution >= 4 is 29.1 Å². The molecule has 1 atom stereocenters.